The minimum atomic E-state index is 0.705. The van der Waals surface area contributed by atoms with Crippen LogP contribution in [-0.4, -0.2) is 20.5 Å². The van der Waals surface area contributed by atoms with Crippen molar-refractivity contribution < 1.29 is 0 Å². The van der Waals surface area contributed by atoms with Gasteiger partial charge in [-0.1, -0.05) is 54.2 Å². The Morgan fingerprint density at radius 3 is 2.56 bits per heavy atom. The number of nitrogens with zero attached hydrogens (tertiary/aromatic N) is 3. The highest BCUT2D eigenvalue weighted by atomic mass is 32.2. The molecule has 1 aromatic heterocycles. The Kier molecular flexibility index (Phi) is 4.36. The van der Waals surface area contributed by atoms with E-state index in [1.54, 1.807) is 11.8 Å². The molecule has 2 rings (SSSR count). The molecule has 0 radical (unpaired) electrons. The van der Waals surface area contributed by atoms with Crippen LogP contribution >= 0.6 is 11.8 Å². The van der Waals surface area contributed by atoms with E-state index < -0.39 is 0 Å². The number of aromatic nitrogens is 3. The summed E-state index contributed by atoms with van der Waals surface area (Å²) >= 11 is 1.63. The van der Waals surface area contributed by atoms with Gasteiger partial charge in [0.15, 0.2) is 11.0 Å². The van der Waals surface area contributed by atoms with Crippen molar-refractivity contribution in [3.63, 3.8) is 0 Å². The Labute approximate surface area is 111 Å². The zero-order valence-corrected chi connectivity index (χ0v) is 10.9. The normalized spacial score (nSPS) is 10.2. The van der Waals surface area contributed by atoms with Gasteiger partial charge in [0.2, 0.25) is 0 Å². The van der Waals surface area contributed by atoms with Gasteiger partial charge in [-0.3, -0.25) is 4.57 Å². The van der Waals surface area contributed by atoms with Gasteiger partial charge < -0.3 is 0 Å². The van der Waals surface area contributed by atoms with Crippen LogP contribution in [0.3, 0.4) is 0 Å². The molecule has 1 aromatic carbocycles. The topological polar surface area (TPSA) is 30.7 Å². The summed E-state index contributed by atoms with van der Waals surface area (Å²) < 4.78 is 2.07. The van der Waals surface area contributed by atoms with E-state index in [-0.39, 0.29) is 0 Å². The number of rotatable bonds is 6. The zero-order chi connectivity index (χ0) is 12.8. The average molecular weight is 257 g/mol. The highest BCUT2D eigenvalue weighted by Gasteiger charge is 2.12. The molecule has 0 aliphatic rings. The van der Waals surface area contributed by atoms with Crippen molar-refractivity contribution in [3.05, 3.63) is 55.6 Å². The smallest absolute Gasteiger partial charge is 0.192 e. The summed E-state index contributed by atoms with van der Waals surface area (Å²) in [4.78, 5) is 0. The molecule has 0 fully saturated rings. The molecular weight excluding hydrogens is 242 g/mol. The lowest BCUT2D eigenvalue weighted by Gasteiger charge is -2.06. The lowest BCUT2D eigenvalue weighted by Crippen LogP contribution is -2.00. The summed E-state index contributed by atoms with van der Waals surface area (Å²) in [5.74, 6) is 1.70. The third kappa shape index (κ3) is 2.71. The van der Waals surface area contributed by atoms with E-state index in [1.807, 2.05) is 42.5 Å². The van der Waals surface area contributed by atoms with E-state index in [1.165, 1.54) is 0 Å². The second-order valence-electron chi connectivity index (χ2n) is 3.67. The van der Waals surface area contributed by atoms with Gasteiger partial charge in [0.25, 0.3) is 0 Å². The highest BCUT2D eigenvalue weighted by molar-refractivity contribution is 7.99. The first kappa shape index (κ1) is 12.6. The lowest BCUT2D eigenvalue weighted by atomic mass is 10.2. The molecule has 0 bridgehead atoms. The number of benzene rings is 1. The second-order valence-corrected chi connectivity index (χ2v) is 4.66. The van der Waals surface area contributed by atoms with Crippen molar-refractivity contribution in [1.82, 2.24) is 14.8 Å². The second kappa shape index (κ2) is 6.21. The van der Waals surface area contributed by atoms with Crippen molar-refractivity contribution in [2.75, 3.05) is 5.75 Å². The van der Waals surface area contributed by atoms with Gasteiger partial charge in [0.05, 0.1) is 0 Å². The van der Waals surface area contributed by atoms with E-state index in [0.29, 0.717) is 6.54 Å². The zero-order valence-electron chi connectivity index (χ0n) is 10.1. The SMILES string of the molecule is C=CCSc1nnc(-c2ccccc2)n1CC=C. The van der Waals surface area contributed by atoms with Crippen LogP contribution in [0, 0.1) is 0 Å². The van der Waals surface area contributed by atoms with E-state index in [4.69, 9.17) is 0 Å². The summed E-state index contributed by atoms with van der Waals surface area (Å²) in [7, 11) is 0. The monoisotopic (exact) mass is 257 g/mol. The lowest BCUT2D eigenvalue weighted by molar-refractivity contribution is 0.732. The van der Waals surface area contributed by atoms with Crippen LogP contribution in [0.15, 0.2) is 60.8 Å². The van der Waals surface area contributed by atoms with Crippen molar-refractivity contribution in [3.8, 4) is 11.4 Å². The van der Waals surface area contributed by atoms with E-state index in [0.717, 1.165) is 22.3 Å². The molecule has 1 heterocycles. The van der Waals surface area contributed by atoms with Crippen LogP contribution in [0.4, 0.5) is 0 Å². The number of allylic oxidation sites excluding steroid dienone is 1. The van der Waals surface area contributed by atoms with Crippen molar-refractivity contribution in [1.29, 1.82) is 0 Å². The Morgan fingerprint density at radius 1 is 1.11 bits per heavy atom. The van der Waals surface area contributed by atoms with Gasteiger partial charge in [0.1, 0.15) is 0 Å². The Hall–Kier alpha value is -1.81. The van der Waals surface area contributed by atoms with Crippen molar-refractivity contribution in [2.24, 2.45) is 0 Å². The van der Waals surface area contributed by atoms with Crippen LogP contribution in [0.1, 0.15) is 0 Å². The molecule has 0 saturated heterocycles. The first-order valence-electron chi connectivity index (χ1n) is 5.70. The van der Waals surface area contributed by atoms with Gasteiger partial charge in [-0.15, -0.1) is 23.4 Å². The summed E-state index contributed by atoms with van der Waals surface area (Å²) in [5.41, 5.74) is 1.07. The third-order valence-corrected chi connectivity index (χ3v) is 3.35. The van der Waals surface area contributed by atoms with Gasteiger partial charge in [-0.2, -0.15) is 0 Å². The van der Waals surface area contributed by atoms with Crippen LogP contribution < -0.4 is 0 Å². The summed E-state index contributed by atoms with van der Waals surface area (Å²) in [6.45, 7) is 8.21. The third-order valence-electron chi connectivity index (χ3n) is 2.39. The van der Waals surface area contributed by atoms with Crippen LogP contribution in [-0.2, 0) is 6.54 Å². The largest absolute Gasteiger partial charge is 0.298 e. The molecule has 0 amide bonds. The first-order valence-corrected chi connectivity index (χ1v) is 6.68. The fourth-order valence-electron chi connectivity index (χ4n) is 1.62. The number of hydrogen-bond acceptors (Lipinski definition) is 3. The standard InChI is InChI=1S/C14H15N3S/c1-3-10-17-13(12-8-6-5-7-9-12)15-16-14(17)18-11-4-2/h3-9H,1-2,10-11H2. The molecule has 0 aliphatic heterocycles. The predicted octanol–water partition coefficient (Wildman–Crippen LogP) is 3.41. The van der Waals surface area contributed by atoms with Gasteiger partial charge >= 0.3 is 0 Å². The quantitative estimate of drug-likeness (QED) is 0.587. The van der Waals surface area contributed by atoms with E-state index in [9.17, 15) is 0 Å². The minimum Gasteiger partial charge on any atom is -0.298 e. The molecule has 0 saturated carbocycles. The van der Waals surface area contributed by atoms with Crippen LogP contribution in [0.25, 0.3) is 11.4 Å². The summed E-state index contributed by atoms with van der Waals surface area (Å²) in [6, 6.07) is 10.1. The fourth-order valence-corrected chi connectivity index (χ4v) is 2.31. The molecule has 18 heavy (non-hydrogen) atoms. The molecule has 0 unspecified atom stereocenters. The Morgan fingerprint density at radius 2 is 1.89 bits per heavy atom. The molecule has 4 heteroatoms. The molecule has 0 spiro atoms. The van der Waals surface area contributed by atoms with Crippen molar-refractivity contribution in [2.45, 2.75) is 11.7 Å². The molecular formula is C14H15N3S. The molecule has 92 valence electrons. The maximum Gasteiger partial charge on any atom is 0.192 e. The van der Waals surface area contributed by atoms with Gasteiger partial charge in [0, 0.05) is 17.9 Å². The molecule has 0 N–H and O–H groups in total. The number of thioether (sulfide) groups is 1. The van der Waals surface area contributed by atoms with Gasteiger partial charge in [-0.05, 0) is 0 Å². The Balaban J connectivity index is 2.38. The number of hydrogen-bond donors (Lipinski definition) is 0. The first-order chi connectivity index (χ1) is 8.86. The summed E-state index contributed by atoms with van der Waals surface area (Å²) in [5, 5.41) is 9.39. The maximum absolute atomic E-state index is 4.27. The summed E-state index contributed by atoms with van der Waals surface area (Å²) in [6.07, 6.45) is 3.72. The average Bonchev–Trinajstić information content (AvgIpc) is 2.81. The Bertz CT molecular complexity index is 531. The maximum atomic E-state index is 4.27. The van der Waals surface area contributed by atoms with Crippen LogP contribution in [0.5, 0.6) is 0 Å². The van der Waals surface area contributed by atoms with Crippen molar-refractivity contribution >= 4 is 11.8 Å². The minimum absolute atomic E-state index is 0.705. The predicted molar refractivity (Wildman–Crippen MR) is 76.6 cm³/mol. The van der Waals surface area contributed by atoms with Gasteiger partial charge in [-0.25, -0.2) is 0 Å². The van der Waals surface area contributed by atoms with E-state index >= 15 is 0 Å². The molecule has 0 aliphatic carbocycles. The van der Waals surface area contributed by atoms with E-state index in [2.05, 4.69) is 27.9 Å². The molecule has 3 nitrogen and oxygen atoms in total. The van der Waals surface area contributed by atoms with Crippen LogP contribution in [0.2, 0.25) is 0 Å². The fraction of sp³-hybridized carbons (Fsp3) is 0.143. The molecule has 2 aromatic rings. The highest BCUT2D eigenvalue weighted by Crippen LogP contribution is 2.23. The molecule has 0 atom stereocenters.